The van der Waals surface area contributed by atoms with Gasteiger partial charge in [-0.2, -0.15) is 11.3 Å². The molecule has 7 nitrogen and oxygen atoms in total. The van der Waals surface area contributed by atoms with Gasteiger partial charge in [0.25, 0.3) is 5.91 Å². The summed E-state index contributed by atoms with van der Waals surface area (Å²) in [6.45, 7) is 0. The number of rotatable bonds is 6. The Labute approximate surface area is 150 Å². The standard InChI is InChI=1S/C16H19N3O4S2/c1-19(2)25(22,23)14-5-3-4-13(10-14)16(21)18-17-15(20)7-6-12-8-9-24-11-12/h3-5,8-11H,6-7H2,1-2H3,(H,17,20)(H,18,21). The molecule has 0 aliphatic rings. The summed E-state index contributed by atoms with van der Waals surface area (Å²) in [5, 5.41) is 3.90. The number of nitrogens with zero attached hydrogens (tertiary/aromatic N) is 1. The number of thiophene rings is 1. The summed E-state index contributed by atoms with van der Waals surface area (Å²) in [7, 11) is -0.806. The minimum Gasteiger partial charge on any atom is -0.273 e. The zero-order valence-corrected chi connectivity index (χ0v) is 15.5. The number of nitrogens with one attached hydrogen (secondary N) is 2. The van der Waals surface area contributed by atoms with E-state index in [9.17, 15) is 18.0 Å². The number of hydrogen-bond donors (Lipinski definition) is 2. The van der Waals surface area contributed by atoms with Crippen LogP contribution in [0.25, 0.3) is 0 Å². The van der Waals surface area contributed by atoms with E-state index in [1.165, 1.54) is 38.4 Å². The Hall–Kier alpha value is -2.23. The van der Waals surface area contributed by atoms with Gasteiger partial charge in [-0.25, -0.2) is 12.7 Å². The summed E-state index contributed by atoms with van der Waals surface area (Å²) in [6, 6.07) is 7.56. The molecule has 1 heterocycles. The van der Waals surface area contributed by atoms with Gasteiger partial charge in [0.05, 0.1) is 4.90 Å². The Morgan fingerprint density at radius 1 is 1.16 bits per heavy atom. The minimum atomic E-state index is -3.63. The zero-order valence-electron chi connectivity index (χ0n) is 13.9. The van der Waals surface area contributed by atoms with Crippen molar-refractivity contribution in [3.05, 3.63) is 52.2 Å². The van der Waals surface area contributed by atoms with Crippen molar-refractivity contribution in [3.63, 3.8) is 0 Å². The fraction of sp³-hybridized carbons (Fsp3) is 0.250. The average molecular weight is 381 g/mol. The largest absolute Gasteiger partial charge is 0.273 e. The van der Waals surface area contributed by atoms with Gasteiger partial charge in [-0.15, -0.1) is 0 Å². The monoisotopic (exact) mass is 381 g/mol. The highest BCUT2D eigenvalue weighted by Crippen LogP contribution is 2.14. The number of sulfonamides is 1. The number of hydrazine groups is 1. The molecule has 2 N–H and O–H groups in total. The molecule has 0 aliphatic heterocycles. The molecule has 1 aromatic carbocycles. The third-order valence-electron chi connectivity index (χ3n) is 3.41. The van der Waals surface area contributed by atoms with Crippen LogP contribution in [0.3, 0.4) is 0 Å². The lowest BCUT2D eigenvalue weighted by molar-refractivity contribution is -0.121. The van der Waals surface area contributed by atoms with E-state index in [2.05, 4.69) is 10.9 Å². The van der Waals surface area contributed by atoms with Crippen molar-refractivity contribution in [2.45, 2.75) is 17.7 Å². The molecule has 0 aliphatic carbocycles. The number of benzene rings is 1. The van der Waals surface area contributed by atoms with Crippen LogP contribution in [0.2, 0.25) is 0 Å². The van der Waals surface area contributed by atoms with Crippen molar-refractivity contribution in [2.75, 3.05) is 14.1 Å². The lowest BCUT2D eigenvalue weighted by atomic mass is 10.2. The van der Waals surface area contributed by atoms with Crippen LogP contribution in [0.1, 0.15) is 22.3 Å². The van der Waals surface area contributed by atoms with Gasteiger partial charge >= 0.3 is 0 Å². The summed E-state index contributed by atoms with van der Waals surface area (Å²) < 4.78 is 25.3. The van der Waals surface area contributed by atoms with Crippen LogP contribution < -0.4 is 10.9 Å². The van der Waals surface area contributed by atoms with Crippen LogP contribution in [0.15, 0.2) is 46.0 Å². The Balaban J connectivity index is 1.93. The van der Waals surface area contributed by atoms with E-state index < -0.39 is 15.9 Å². The SMILES string of the molecule is CN(C)S(=O)(=O)c1cccc(C(=O)NNC(=O)CCc2ccsc2)c1. The van der Waals surface area contributed by atoms with Crippen LogP contribution in [-0.2, 0) is 21.2 Å². The summed E-state index contributed by atoms with van der Waals surface area (Å²) in [6.07, 6.45) is 0.827. The molecule has 2 amide bonds. The highest BCUT2D eigenvalue weighted by atomic mass is 32.2. The molecular weight excluding hydrogens is 362 g/mol. The first-order chi connectivity index (χ1) is 11.8. The van der Waals surface area contributed by atoms with Crippen molar-refractivity contribution in [1.82, 2.24) is 15.2 Å². The zero-order chi connectivity index (χ0) is 18.4. The number of aryl methyl sites for hydroxylation is 1. The lowest BCUT2D eigenvalue weighted by Gasteiger charge is -2.12. The molecule has 0 atom stereocenters. The van der Waals surface area contributed by atoms with Crippen LogP contribution in [0.4, 0.5) is 0 Å². The third-order valence-corrected chi connectivity index (χ3v) is 5.95. The van der Waals surface area contributed by atoms with Gasteiger partial charge in [0.15, 0.2) is 0 Å². The second kappa shape index (κ2) is 8.24. The van der Waals surface area contributed by atoms with Gasteiger partial charge < -0.3 is 0 Å². The number of carbonyl (C=O) groups excluding carboxylic acids is 2. The summed E-state index contributed by atoms with van der Waals surface area (Å²) in [5.41, 5.74) is 5.82. The van der Waals surface area contributed by atoms with E-state index >= 15 is 0 Å². The molecule has 0 saturated carbocycles. The molecule has 2 aromatic rings. The number of amides is 2. The Morgan fingerprint density at radius 3 is 2.56 bits per heavy atom. The molecule has 2 rings (SSSR count). The van der Waals surface area contributed by atoms with E-state index in [-0.39, 0.29) is 22.8 Å². The van der Waals surface area contributed by atoms with Gasteiger partial charge in [-0.05, 0) is 47.0 Å². The molecule has 0 saturated heterocycles. The molecular formula is C16H19N3O4S2. The minimum absolute atomic E-state index is 0.00827. The van der Waals surface area contributed by atoms with Gasteiger partial charge in [0.1, 0.15) is 0 Å². The fourth-order valence-corrected chi connectivity index (χ4v) is 3.61. The maximum Gasteiger partial charge on any atom is 0.269 e. The van der Waals surface area contributed by atoms with E-state index in [0.29, 0.717) is 6.42 Å². The van der Waals surface area contributed by atoms with Crippen molar-refractivity contribution < 1.29 is 18.0 Å². The topological polar surface area (TPSA) is 95.6 Å². The maximum atomic E-state index is 12.1. The predicted molar refractivity (Wildman–Crippen MR) is 95.6 cm³/mol. The van der Waals surface area contributed by atoms with Gasteiger partial charge in [-0.3, -0.25) is 20.4 Å². The van der Waals surface area contributed by atoms with E-state index in [1.54, 1.807) is 11.3 Å². The summed E-state index contributed by atoms with van der Waals surface area (Å²) in [5.74, 6) is -0.906. The Bertz CT molecular complexity index is 846. The first-order valence-electron chi connectivity index (χ1n) is 7.43. The normalized spacial score (nSPS) is 11.3. The highest BCUT2D eigenvalue weighted by molar-refractivity contribution is 7.89. The van der Waals surface area contributed by atoms with Crippen LogP contribution in [0, 0.1) is 0 Å². The highest BCUT2D eigenvalue weighted by Gasteiger charge is 2.18. The number of carbonyl (C=O) groups is 2. The molecule has 0 radical (unpaired) electrons. The lowest BCUT2D eigenvalue weighted by Crippen LogP contribution is -2.41. The summed E-state index contributed by atoms with van der Waals surface area (Å²) in [4.78, 5) is 23.9. The Morgan fingerprint density at radius 2 is 1.92 bits per heavy atom. The van der Waals surface area contributed by atoms with E-state index in [0.717, 1.165) is 9.87 Å². The Kier molecular flexibility index (Phi) is 6.29. The van der Waals surface area contributed by atoms with Crippen LogP contribution in [-0.4, -0.2) is 38.6 Å². The predicted octanol–water partition coefficient (Wildman–Crippen LogP) is 1.39. The molecule has 1 aromatic heterocycles. The van der Waals surface area contributed by atoms with Crippen LogP contribution >= 0.6 is 11.3 Å². The average Bonchev–Trinajstić information content (AvgIpc) is 3.11. The van der Waals surface area contributed by atoms with Crippen molar-refractivity contribution in [1.29, 1.82) is 0 Å². The first kappa shape index (κ1) is 19.1. The smallest absolute Gasteiger partial charge is 0.269 e. The first-order valence-corrected chi connectivity index (χ1v) is 9.82. The molecule has 0 bridgehead atoms. The molecule has 0 unspecified atom stereocenters. The maximum absolute atomic E-state index is 12.1. The van der Waals surface area contributed by atoms with Gasteiger partial charge in [-0.1, -0.05) is 6.07 Å². The van der Waals surface area contributed by atoms with Crippen LogP contribution in [0.5, 0.6) is 0 Å². The molecule has 0 spiro atoms. The third kappa shape index (κ3) is 5.12. The summed E-state index contributed by atoms with van der Waals surface area (Å²) >= 11 is 1.56. The molecule has 9 heteroatoms. The second-order valence-corrected chi connectivity index (χ2v) is 8.38. The molecule has 0 fully saturated rings. The fourth-order valence-electron chi connectivity index (χ4n) is 1.96. The van der Waals surface area contributed by atoms with Crippen molar-refractivity contribution in [3.8, 4) is 0 Å². The van der Waals surface area contributed by atoms with Gasteiger partial charge in [0.2, 0.25) is 15.9 Å². The molecule has 25 heavy (non-hydrogen) atoms. The van der Waals surface area contributed by atoms with Crippen molar-refractivity contribution >= 4 is 33.2 Å². The van der Waals surface area contributed by atoms with E-state index in [1.807, 2.05) is 16.8 Å². The van der Waals surface area contributed by atoms with Gasteiger partial charge in [0, 0.05) is 26.1 Å². The van der Waals surface area contributed by atoms with Crippen molar-refractivity contribution in [2.24, 2.45) is 0 Å². The quantitative estimate of drug-likeness (QED) is 0.739. The molecule has 134 valence electrons. The second-order valence-electron chi connectivity index (χ2n) is 5.45. The van der Waals surface area contributed by atoms with E-state index in [4.69, 9.17) is 0 Å². The number of hydrogen-bond acceptors (Lipinski definition) is 5.